The van der Waals surface area contributed by atoms with Gasteiger partial charge in [-0.1, -0.05) is 30.3 Å². The fraction of sp³-hybridized carbons (Fsp3) is 0.0833. The molecule has 0 amide bonds. The average molecular weight is 400 g/mol. The fourth-order valence-corrected chi connectivity index (χ4v) is 3.89. The third-order valence-electron chi connectivity index (χ3n) is 5.29. The van der Waals surface area contributed by atoms with E-state index in [-0.39, 0.29) is 40.4 Å². The Kier molecular flexibility index (Phi) is 4.06. The Morgan fingerprint density at radius 2 is 1.63 bits per heavy atom. The highest BCUT2D eigenvalue weighted by Crippen LogP contribution is 2.46. The Morgan fingerprint density at radius 3 is 2.37 bits per heavy atom. The van der Waals surface area contributed by atoms with E-state index in [1.165, 1.54) is 24.3 Å². The summed E-state index contributed by atoms with van der Waals surface area (Å²) in [5.74, 6) is -0.554. The van der Waals surface area contributed by atoms with Gasteiger partial charge in [0.1, 0.15) is 34.0 Å². The third kappa shape index (κ3) is 2.90. The SMILES string of the molecule is O=C1CC(c2ccccc2)c2c(cc3oc(-c4ccc(O)cc4)cc(=O)c3c2O)O1. The number of hydrogen-bond donors (Lipinski definition) is 2. The highest BCUT2D eigenvalue weighted by atomic mass is 16.5. The van der Waals surface area contributed by atoms with Gasteiger partial charge in [-0.25, -0.2) is 0 Å². The lowest BCUT2D eigenvalue weighted by Crippen LogP contribution is -2.21. The van der Waals surface area contributed by atoms with Crippen LogP contribution >= 0.6 is 0 Å². The zero-order chi connectivity index (χ0) is 20.8. The molecule has 2 heterocycles. The molecule has 30 heavy (non-hydrogen) atoms. The molecule has 0 radical (unpaired) electrons. The van der Waals surface area contributed by atoms with Gasteiger partial charge in [0.05, 0.1) is 6.42 Å². The lowest BCUT2D eigenvalue weighted by atomic mass is 9.85. The molecule has 1 atom stereocenters. The van der Waals surface area contributed by atoms with Crippen molar-refractivity contribution in [3.8, 4) is 28.6 Å². The summed E-state index contributed by atoms with van der Waals surface area (Å²) in [5, 5.41) is 20.5. The van der Waals surface area contributed by atoms with E-state index >= 15 is 0 Å². The van der Waals surface area contributed by atoms with Crippen molar-refractivity contribution >= 4 is 16.9 Å². The molecule has 1 aliphatic rings. The van der Waals surface area contributed by atoms with Crippen LogP contribution < -0.4 is 10.2 Å². The smallest absolute Gasteiger partial charge is 0.312 e. The van der Waals surface area contributed by atoms with E-state index in [1.54, 1.807) is 12.1 Å². The van der Waals surface area contributed by atoms with Gasteiger partial charge in [-0.05, 0) is 29.8 Å². The van der Waals surface area contributed by atoms with Crippen LogP contribution in [0.5, 0.6) is 17.2 Å². The molecule has 0 saturated heterocycles. The summed E-state index contributed by atoms with van der Waals surface area (Å²) in [4.78, 5) is 25.1. The second kappa shape index (κ2) is 6.77. The van der Waals surface area contributed by atoms with Crippen LogP contribution in [0.15, 0.2) is 75.9 Å². The molecular formula is C24H16O6. The Hall–Kier alpha value is -4.06. The topological polar surface area (TPSA) is 97.0 Å². The lowest BCUT2D eigenvalue weighted by Gasteiger charge is -2.26. The summed E-state index contributed by atoms with van der Waals surface area (Å²) in [6.07, 6.45) is 0.0625. The second-order valence-electron chi connectivity index (χ2n) is 7.17. The number of phenolic OH excluding ortho intramolecular Hbond substituents is 2. The molecule has 2 N–H and O–H groups in total. The number of benzene rings is 3. The van der Waals surface area contributed by atoms with Crippen LogP contribution in [-0.4, -0.2) is 16.2 Å². The normalized spacial score (nSPS) is 15.6. The maximum Gasteiger partial charge on any atom is 0.312 e. The van der Waals surface area contributed by atoms with Crippen molar-refractivity contribution in [2.24, 2.45) is 0 Å². The molecule has 1 aromatic heterocycles. The van der Waals surface area contributed by atoms with Crippen molar-refractivity contribution in [2.75, 3.05) is 0 Å². The number of fused-ring (bicyclic) bond motifs is 2. The van der Waals surface area contributed by atoms with Crippen molar-refractivity contribution < 1.29 is 24.2 Å². The van der Waals surface area contributed by atoms with E-state index in [2.05, 4.69) is 0 Å². The van der Waals surface area contributed by atoms with Gasteiger partial charge in [-0.3, -0.25) is 9.59 Å². The van der Waals surface area contributed by atoms with E-state index in [0.29, 0.717) is 11.1 Å². The molecule has 0 saturated carbocycles. The number of rotatable bonds is 2. The quantitative estimate of drug-likeness (QED) is 0.384. The van der Waals surface area contributed by atoms with Gasteiger partial charge in [-0.15, -0.1) is 0 Å². The van der Waals surface area contributed by atoms with Crippen molar-refractivity contribution in [2.45, 2.75) is 12.3 Å². The second-order valence-corrected chi connectivity index (χ2v) is 7.17. The standard InChI is InChI=1S/C24H16O6/c25-15-8-6-14(7-9-15)18-11-17(26)23-20(29-18)12-19-22(24(23)28)16(10-21(27)30-19)13-4-2-1-3-5-13/h1-9,11-12,16,25,28H,10H2. The summed E-state index contributed by atoms with van der Waals surface area (Å²) >= 11 is 0. The monoisotopic (exact) mass is 400 g/mol. The van der Waals surface area contributed by atoms with Crippen LogP contribution in [0.2, 0.25) is 0 Å². The Balaban J connectivity index is 1.74. The van der Waals surface area contributed by atoms with Crippen LogP contribution in [0.25, 0.3) is 22.3 Å². The highest BCUT2D eigenvalue weighted by Gasteiger charge is 2.33. The van der Waals surface area contributed by atoms with Gasteiger partial charge in [-0.2, -0.15) is 0 Å². The molecule has 4 aromatic rings. The van der Waals surface area contributed by atoms with Crippen LogP contribution in [0, 0.1) is 0 Å². The predicted octanol–water partition coefficient (Wildman–Crippen LogP) is 4.31. The van der Waals surface area contributed by atoms with E-state index < -0.39 is 17.3 Å². The van der Waals surface area contributed by atoms with Crippen molar-refractivity contribution in [1.29, 1.82) is 0 Å². The number of carbonyl (C=O) groups excluding carboxylic acids is 1. The maximum atomic E-state index is 12.9. The summed E-state index contributed by atoms with van der Waals surface area (Å²) < 4.78 is 11.2. The molecular weight excluding hydrogens is 384 g/mol. The van der Waals surface area contributed by atoms with Gasteiger partial charge < -0.3 is 19.4 Å². The molecule has 6 nitrogen and oxygen atoms in total. The Bertz CT molecular complexity index is 1340. The predicted molar refractivity (Wildman–Crippen MR) is 110 cm³/mol. The van der Waals surface area contributed by atoms with Gasteiger partial charge in [0.15, 0.2) is 5.43 Å². The molecule has 1 unspecified atom stereocenters. The minimum atomic E-state index is -0.428. The zero-order valence-corrected chi connectivity index (χ0v) is 15.7. The Labute approximate surface area is 170 Å². The summed E-state index contributed by atoms with van der Waals surface area (Å²) in [6.45, 7) is 0. The molecule has 6 heteroatoms. The molecule has 5 rings (SSSR count). The number of aromatic hydroxyl groups is 2. The first-order valence-corrected chi connectivity index (χ1v) is 9.40. The van der Waals surface area contributed by atoms with E-state index in [0.717, 1.165) is 5.56 Å². The lowest BCUT2D eigenvalue weighted by molar-refractivity contribution is -0.135. The largest absolute Gasteiger partial charge is 0.508 e. The molecule has 0 bridgehead atoms. The number of hydrogen-bond acceptors (Lipinski definition) is 6. The summed E-state index contributed by atoms with van der Waals surface area (Å²) in [7, 11) is 0. The highest BCUT2D eigenvalue weighted by molar-refractivity contribution is 5.91. The van der Waals surface area contributed by atoms with Gasteiger partial charge >= 0.3 is 5.97 Å². The van der Waals surface area contributed by atoms with Crippen molar-refractivity contribution in [1.82, 2.24) is 0 Å². The zero-order valence-electron chi connectivity index (χ0n) is 15.7. The molecule has 0 aliphatic carbocycles. The number of phenols is 2. The molecule has 0 spiro atoms. The van der Waals surface area contributed by atoms with Gasteiger partial charge in [0.2, 0.25) is 0 Å². The number of ether oxygens (including phenoxy) is 1. The number of esters is 1. The molecule has 148 valence electrons. The van der Waals surface area contributed by atoms with Crippen LogP contribution in [-0.2, 0) is 4.79 Å². The fourth-order valence-electron chi connectivity index (χ4n) is 3.89. The summed E-state index contributed by atoms with van der Waals surface area (Å²) in [5.41, 5.74) is 1.53. The molecule has 0 fully saturated rings. The van der Waals surface area contributed by atoms with E-state index in [9.17, 15) is 19.8 Å². The first kappa shape index (κ1) is 18.0. The summed E-state index contributed by atoms with van der Waals surface area (Å²) in [6, 6.07) is 18.3. The van der Waals surface area contributed by atoms with Crippen molar-refractivity contribution in [3.63, 3.8) is 0 Å². The maximum absolute atomic E-state index is 12.9. The van der Waals surface area contributed by atoms with E-state index in [4.69, 9.17) is 9.15 Å². The van der Waals surface area contributed by atoms with Crippen molar-refractivity contribution in [3.05, 3.63) is 88.1 Å². The molecule has 1 aliphatic heterocycles. The van der Waals surface area contributed by atoms with E-state index in [1.807, 2.05) is 30.3 Å². The number of carbonyl (C=O) groups is 1. The average Bonchev–Trinajstić information content (AvgIpc) is 2.73. The third-order valence-corrected chi connectivity index (χ3v) is 5.29. The minimum absolute atomic E-state index is 0.0372. The van der Waals surface area contributed by atoms with Gasteiger partial charge in [0.25, 0.3) is 0 Å². The van der Waals surface area contributed by atoms with Crippen LogP contribution in [0.1, 0.15) is 23.5 Å². The molecule has 3 aromatic carbocycles. The van der Waals surface area contributed by atoms with Gasteiger partial charge in [0, 0.05) is 29.2 Å². The first-order chi connectivity index (χ1) is 14.5. The van der Waals surface area contributed by atoms with Crippen LogP contribution in [0.3, 0.4) is 0 Å². The van der Waals surface area contributed by atoms with Crippen LogP contribution in [0.4, 0.5) is 0 Å². The first-order valence-electron chi connectivity index (χ1n) is 9.40. The minimum Gasteiger partial charge on any atom is -0.508 e. The Morgan fingerprint density at radius 1 is 0.900 bits per heavy atom.